The van der Waals surface area contributed by atoms with Crippen LogP contribution in [-0.2, 0) is 0 Å². The van der Waals surface area contributed by atoms with Crippen LogP contribution >= 0.6 is 23.5 Å². The molecule has 4 nitrogen and oxygen atoms in total. The number of aromatic nitrogens is 2. The fourth-order valence-corrected chi connectivity index (χ4v) is 4.75. The normalized spacial score (nSPS) is 30.6. The van der Waals surface area contributed by atoms with Crippen molar-refractivity contribution in [1.29, 1.82) is 0 Å². The van der Waals surface area contributed by atoms with Gasteiger partial charge in [-0.15, -0.1) is 0 Å². The maximum absolute atomic E-state index is 9.65. The lowest BCUT2D eigenvalue weighted by atomic mass is 9.87. The van der Waals surface area contributed by atoms with Crippen LogP contribution in [0.5, 0.6) is 0 Å². The van der Waals surface area contributed by atoms with Gasteiger partial charge in [0.25, 0.3) is 0 Å². The molecule has 96 valence electrons. The molecule has 0 saturated carbocycles. The van der Waals surface area contributed by atoms with Gasteiger partial charge in [0, 0.05) is 28.9 Å². The number of hydrogen-bond donors (Lipinski definition) is 2. The van der Waals surface area contributed by atoms with Crippen molar-refractivity contribution in [3.8, 4) is 0 Å². The van der Waals surface area contributed by atoms with Gasteiger partial charge in [0.05, 0.1) is 17.9 Å². The molecule has 6 heteroatoms. The highest BCUT2D eigenvalue weighted by molar-refractivity contribution is 8.00. The highest BCUT2D eigenvalue weighted by Gasteiger charge is 2.52. The number of thioether (sulfide) groups is 1. The molecule has 1 aromatic heterocycles. The van der Waals surface area contributed by atoms with Crippen LogP contribution in [0.25, 0.3) is 0 Å². The van der Waals surface area contributed by atoms with Gasteiger partial charge in [-0.1, -0.05) is 11.8 Å². The number of hydrogen-bond acceptors (Lipinski definition) is 6. The second-order valence-electron chi connectivity index (χ2n) is 5.64. The predicted octanol–water partition coefficient (Wildman–Crippen LogP) is 1.77. The molecule has 2 atom stereocenters. The highest BCUT2D eigenvalue weighted by atomic mass is 32.2. The molecule has 0 radical (unpaired) electrons. The van der Waals surface area contributed by atoms with Crippen LogP contribution < -0.4 is 5.32 Å². The maximum Gasteiger partial charge on any atom is 0.130 e. The van der Waals surface area contributed by atoms with Gasteiger partial charge in [-0.25, -0.2) is 0 Å². The molecule has 0 aromatic carbocycles. The summed E-state index contributed by atoms with van der Waals surface area (Å²) in [5.41, 5.74) is -0.0788. The van der Waals surface area contributed by atoms with Crippen molar-refractivity contribution in [2.45, 2.75) is 49.0 Å². The van der Waals surface area contributed by atoms with Gasteiger partial charge in [0.1, 0.15) is 5.03 Å². The third kappa shape index (κ3) is 2.50. The lowest BCUT2D eigenvalue weighted by Crippen LogP contribution is -2.46. The Hall–Kier alpha value is -0.170. The quantitative estimate of drug-likeness (QED) is 0.879. The zero-order valence-electron chi connectivity index (χ0n) is 10.6. The second kappa shape index (κ2) is 4.50. The zero-order chi connectivity index (χ0) is 12.7. The molecule has 2 heterocycles. The third-order valence-electron chi connectivity index (χ3n) is 3.43. The first-order valence-electron chi connectivity index (χ1n) is 5.71. The molecule has 1 aliphatic rings. The molecule has 2 unspecified atom stereocenters. The van der Waals surface area contributed by atoms with Crippen molar-refractivity contribution in [3.05, 3.63) is 6.20 Å². The highest BCUT2D eigenvalue weighted by Crippen LogP contribution is 2.45. The van der Waals surface area contributed by atoms with Gasteiger partial charge < -0.3 is 10.4 Å². The van der Waals surface area contributed by atoms with E-state index >= 15 is 0 Å². The summed E-state index contributed by atoms with van der Waals surface area (Å²) in [5.74, 6) is 0.212. The number of aliphatic hydroxyl groups excluding tert-OH is 1. The van der Waals surface area contributed by atoms with E-state index in [4.69, 9.17) is 0 Å². The Morgan fingerprint density at radius 3 is 2.65 bits per heavy atom. The van der Waals surface area contributed by atoms with Crippen molar-refractivity contribution in [2.75, 3.05) is 6.61 Å². The van der Waals surface area contributed by atoms with E-state index in [-0.39, 0.29) is 23.6 Å². The molecule has 0 spiro atoms. The summed E-state index contributed by atoms with van der Waals surface area (Å²) in [6.07, 6.45) is 1.80. The van der Waals surface area contributed by atoms with Crippen molar-refractivity contribution in [3.63, 3.8) is 0 Å². The Balaban J connectivity index is 2.23. The molecular weight excluding hydrogens is 254 g/mol. The van der Waals surface area contributed by atoms with Gasteiger partial charge in [-0.3, -0.25) is 0 Å². The first-order valence-corrected chi connectivity index (χ1v) is 7.32. The Kier molecular flexibility index (Phi) is 3.51. The molecule has 2 rings (SSSR count). The van der Waals surface area contributed by atoms with Crippen LogP contribution in [0.4, 0.5) is 0 Å². The van der Waals surface area contributed by atoms with Crippen molar-refractivity contribution < 1.29 is 5.11 Å². The summed E-state index contributed by atoms with van der Waals surface area (Å²) in [4.78, 5) is 0. The van der Waals surface area contributed by atoms with E-state index < -0.39 is 0 Å². The molecule has 1 fully saturated rings. The van der Waals surface area contributed by atoms with Crippen LogP contribution in [0, 0.1) is 5.92 Å². The monoisotopic (exact) mass is 273 g/mol. The maximum atomic E-state index is 9.65. The molecule has 0 amide bonds. The van der Waals surface area contributed by atoms with E-state index in [9.17, 15) is 5.11 Å². The fraction of sp³-hybridized carbons (Fsp3) is 0.818. The fourth-order valence-electron chi connectivity index (χ4n) is 2.77. The van der Waals surface area contributed by atoms with E-state index in [0.717, 1.165) is 5.03 Å². The third-order valence-corrected chi connectivity index (χ3v) is 5.64. The average molecular weight is 273 g/mol. The lowest BCUT2D eigenvalue weighted by Gasteiger charge is -2.28. The van der Waals surface area contributed by atoms with E-state index in [0.29, 0.717) is 5.25 Å². The second-order valence-corrected chi connectivity index (χ2v) is 7.36. The van der Waals surface area contributed by atoms with Crippen molar-refractivity contribution >= 4 is 23.5 Å². The molecule has 17 heavy (non-hydrogen) atoms. The van der Waals surface area contributed by atoms with E-state index in [1.807, 2.05) is 0 Å². The number of aliphatic hydroxyl groups is 1. The number of nitrogens with one attached hydrogen (secondary N) is 1. The number of rotatable bonds is 3. The summed E-state index contributed by atoms with van der Waals surface area (Å²) >= 11 is 2.94. The Bertz CT molecular complexity index is 378. The minimum atomic E-state index is -0.0562. The molecule has 1 saturated heterocycles. The van der Waals surface area contributed by atoms with Gasteiger partial charge >= 0.3 is 0 Å². The van der Waals surface area contributed by atoms with Gasteiger partial charge in [0.15, 0.2) is 0 Å². The molecule has 1 aliphatic heterocycles. The lowest BCUT2D eigenvalue weighted by molar-refractivity contribution is 0.184. The standard InChI is InChI=1S/C11H19N3OS2/c1-10(2)7(6-15)9(11(3,4)14-10)16-8-5-12-17-13-8/h5,7,9,14-15H,6H2,1-4H3. The Morgan fingerprint density at radius 1 is 1.41 bits per heavy atom. The number of nitrogens with zero attached hydrogens (tertiary/aromatic N) is 2. The molecule has 2 N–H and O–H groups in total. The molecule has 0 bridgehead atoms. The summed E-state index contributed by atoms with van der Waals surface area (Å²) in [5, 5.41) is 14.5. The van der Waals surface area contributed by atoms with Gasteiger partial charge in [-0.2, -0.15) is 8.75 Å². The topological polar surface area (TPSA) is 58.0 Å². The van der Waals surface area contributed by atoms with Crippen LogP contribution in [0.3, 0.4) is 0 Å². The van der Waals surface area contributed by atoms with Crippen molar-refractivity contribution in [1.82, 2.24) is 14.1 Å². The van der Waals surface area contributed by atoms with Gasteiger partial charge in [-0.05, 0) is 27.7 Å². The Morgan fingerprint density at radius 2 is 2.12 bits per heavy atom. The minimum absolute atomic E-state index is 0.0226. The van der Waals surface area contributed by atoms with E-state index in [2.05, 4.69) is 41.8 Å². The van der Waals surface area contributed by atoms with Crippen LogP contribution in [-0.4, -0.2) is 36.8 Å². The summed E-state index contributed by atoms with van der Waals surface area (Å²) in [6, 6.07) is 0. The Labute approximate surface area is 111 Å². The summed E-state index contributed by atoms with van der Waals surface area (Å²) in [7, 11) is 0. The average Bonchev–Trinajstić information content (AvgIpc) is 2.72. The first-order chi connectivity index (χ1) is 7.87. The first kappa shape index (κ1) is 13.3. The van der Waals surface area contributed by atoms with Crippen LogP contribution in [0.15, 0.2) is 11.2 Å². The minimum Gasteiger partial charge on any atom is -0.396 e. The largest absolute Gasteiger partial charge is 0.396 e. The van der Waals surface area contributed by atoms with Crippen LogP contribution in [0.1, 0.15) is 27.7 Å². The summed E-state index contributed by atoms with van der Waals surface area (Å²) in [6.45, 7) is 8.85. The zero-order valence-corrected chi connectivity index (χ0v) is 12.2. The molecule has 0 aliphatic carbocycles. The SMILES string of the molecule is CC1(C)NC(C)(C)C(Sc2cnsn2)C1CO. The molecule has 1 aromatic rings. The van der Waals surface area contributed by atoms with E-state index in [1.54, 1.807) is 18.0 Å². The van der Waals surface area contributed by atoms with Crippen molar-refractivity contribution in [2.24, 2.45) is 5.92 Å². The van der Waals surface area contributed by atoms with Crippen LogP contribution in [0.2, 0.25) is 0 Å². The van der Waals surface area contributed by atoms with Gasteiger partial charge in [0.2, 0.25) is 0 Å². The smallest absolute Gasteiger partial charge is 0.130 e. The predicted molar refractivity (Wildman–Crippen MR) is 71.4 cm³/mol. The molecular formula is C11H19N3OS2. The van der Waals surface area contributed by atoms with E-state index in [1.165, 1.54) is 11.7 Å². The summed E-state index contributed by atoms with van der Waals surface area (Å²) < 4.78 is 8.27.